The Bertz CT molecular complexity index is 859. The van der Waals surface area contributed by atoms with Gasteiger partial charge in [-0.25, -0.2) is 18.7 Å². The third-order valence-corrected chi connectivity index (χ3v) is 3.82. The molecule has 3 aromatic rings. The monoisotopic (exact) mass is 280 g/mol. The standard InChI is InChI=1S/C17H10F2N2/c18-14-6-5-11-7-10-3-1-2-4-12(10)13-8-20-9-21-17(13)15(11)16(14)19/h1-6,8-9H,7H2. The number of benzene rings is 2. The lowest BCUT2D eigenvalue weighted by atomic mass is 9.99. The van der Waals surface area contributed by atoms with Gasteiger partial charge in [-0.15, -0.1) is 0 Å². The molecule has 0 saturated carbocycles. The van der Waals surface area contributed by atoms with Gasteiger partial charge in [0.1, 0.15) is 6.33 Å². The quantitative estimate of drug-likeness (QED) is 0.486. The average Bonchev–Trinajstić information content (AvgIpc) is 2.66. The van der Waals surface area contributed by atoms with E-state index in [0.717, 1.165) is 22.3 Å². The van der Waals surface area contributed by atoms with Gasteiger partial charge in [-0.2, -0.15) is 0 Å². The summed E-state index contributed by atoms with van der Waals surface area (Å²) in [7, 11) is 0. The predicted octanol–water partition coefficient (Wildman–Crippen LogP) is 3.99. The van der Waals surface area contributed by atoms with Gasteiger partial charge in [-0.3, -0.25) is 0 Å². The molecular weight excluding hydrogens is 270 g/mol. The highest BCUT2D eigenvalue weighted by Gasteiger charge is 2.24. The molecule has 0 spiro atoms. The van der Waals surface area contributed by atoms with Crippen molar-refractivity contribution in [2.45, 2.75) is 6.42 Å². The number of aromatic nitrogens is 2. The summed E-state index contributed by atoms with van der Waals surface area (Å²) in [6, 6.07) is 10.6. The molecule has 0 atom stereocenters. The number of hydrogen-bond acceptors (Lipinski definition) is 2. The van der Waals surface area contributed by atoms with E-state index < -0.39 is 11.6 Å². The predicted molar refractivity (Wildman–Crippen MR) is 75.6 cm³/mol. The molecular formula is C17H10F2N2. The van der Waals surface area contributed by atoms with Crippen LogP contribution >= 0.6 is 0 Å². The number of halogens is 2. The lowest BCUT2D eigenvalue weighted by molar-refractivity contribution is 0.510. The van der Waals surface area contributed by atoms with E-state index in [1.807, 2.05) is 24.3 Å². The molecule has 0 bridgehead atoms. The topological polar surface area (TPSA) is 25.8 Å². The van der Waals surface area contributed by atoms with Gasteiger partial charge in [0, 0.05) is 17.3 Å². The highest BCUT2D eigenvalue weighted by atomic mass is 19.2. The maximum atomic E-state index is 14.3. The van der Waals surface area contributed by atoms with Gasteiger partial charge in [-0.1, -0.05) is 30.3 Å². The molecule has 0 fully saturated rings. The van der Waals surface area contributed by atoms with Crippen LogP contribution in [0.15, 0.2) is 48.9 Å². The molecule has 0 radical (unpaired) electrons. The van der Waals surface area contributed by atoms with Gasteiger partial charge >= 0.3 is 0 Å². The highest BCUT2D eigenvalue weighted by molar-refractivity contribution is 5.85. The van der Waals surface area contributed by atoms with Crippen LogP contribution in [-0.2, 0) is 6.42 Å². The first-order valence-corrected chi connectivity index (χ1v) is 6.61. The van der Waals surface area contributed by atoms with Crippen LogP contribution in [0, 0.1) is 11.6 Å². The lowest BCUT2D eigenvalue weighted by Crippen LogP contribution is -1.98. The van der Waals surface area contributed by atoms with Gasteiger partial charge in [-0.05, 0) is 29.2 Å². The zero-order valence-electron chi connectivity index (χ0n) is 11.0. The normalized spacial score (nSPS) is 12.1. The Labute approximate surface area is 120 Å². The Morgan fingerprint density at radius 2 is 1.76 bits per heavy atom. The molecule has 2 aromatic carbocycles. The summed E-state index contributed by atoms with van der Waals surface area (Å²) >= 11 is 0. The van der Waals surface area contributed by atoms with Gasteiger partial charge in [0.05, 0.1) is 5.69 Å². The van der Waals surface area contributed by atoms with E-state index in [2.05, 4.69) is 9.97 Å². The second-order valence-electron chi connectivity index (χ2n) is 5.01. The summed E-state index contributed by atoms with van der Waals surface area (Å²) in [5, 5.41) is 0. The van der Waals surface area contributed by atoms with Crippen molar-refractivity contribution in [3.8, 4) is 22.4 Å². The molecule has 4 heteroatoms. The number of hydrogen-bond donors (Lipinski definition) is 0. The summed E-state index contributed by atoms with van der Waals surface area (Å²) in [6.07, 6.45) is 3.56. The molecule has 0 unspecified atom stereocenters. The molecule has 1 aromatic heterocycles. The summed E-state index contributed by atoms with van der Waals surface area (Å²) in [5.74, 6) is -1.70. The van der Waals surface area contributed by atoms with E-state index in [1.54, 1.807) is 12.3 Å². The first-order valence-electron chi connectivity index (χ1n) is 6.61. The van der Waals surface area contributed by atoms with Crippen LogP contribution in [0.2, 0.25) is 0 Å². The first kappa shape index (κ1) is 12.1. The fourth-order valence-corrected chi connectivity index (χ4v) is 2.86. The molecule has 1 heterocycles. The van der Waals surface area contributed by atoms with E-state index in [9.17, 15) is 8.78 Å². The molecule has 0 N–H and O–H groups in total. The van der Waals surface area contributed by atoms with Gasteiger partial charge in [0.25, 0.3) is 0 Å². The average molecular weight is 280 g/mol. The van der Waals surface area contributed by atoms with Crippen LogP contribution in [0.4, 0.5) is 8.78 Å². The summed E-state index contributed by atoms with van der Waals surface area (Å²) in [6.45, 7) is 0. The van der Waals surface area contributed by atoms with Crippen LogP contribution in [0.1, 0.15) is 11.1 Å². The zero-order chi connectivity index (χ0) is 14.4. The van der Waals surface area contributed by atoms with Crippen molar-refractivity contribution in [2.75, 3.05) is 0 Å². The zero-order valence-corrected chi connectivity index (χ0v) is 11.0. The van der Waals surface area contributed by atoms with Crippen LogP contribution in [0.5, 0.6) is 0 Å². The van der Waals surface area contributed by atoms with Gasteiger partial charge < -0.3 is 0 Å². The Balaban J connectivity index is 2.15. The fraction of sp³-hybridized carbons (Fsp3) is 0.0588. The first-order chi connectivity index (χ1) is 10.3. The maximum Gasteiger partial charge on any atom is 0.168 e. The second-order valence-corrected chi connectivity index (χ2v) is 5.01. The van der Waals surface area contributed by atoms with Crippen molar-refractivity contribution in [3.63, 3.8) is 0 Å². The number of fused-ring (bicyclic) bond motifs is 5. The minimum atomic E-state index is -0.857. The van der Waals surface area contributed by atoms with Crippen molar-refractivity contribution in [3.05, 3.63) is 71.7 Å². The molecule has 102 valence electrons. The Hall–Kier alpha value is -2.62. The third-order valence-electron chi connectivity index (χ3n) is 3.82. The van der Waals surface area contributed by atoms with Crippen molar-refractivity contribution in [2.24, 2.45) is 0 Å². The molecule has 0 saturated heterocycles. The highest BCUT2D eigenvalue weighted by Crippen LogP contribution is 2.40. The van der Waals surface area contributed by atoms with Gasteiger partial charge in [0.15, 0.2) is 11.6 Å². The smallest absolute Gasteiger partial charge is 0.168 e. The van der Waals surface area contributed by atoms with Crippen LogP contribution in [-0.4, -0.2) is 9.97 Å². The SMILES string of the molecule is Fc1ccc2c(c1F)-c1ncncc1-c1ccccc1C2. The van der Waals surface area contributed by atoms with E-state index in [1.165, 1.54) is 12.4 Å². The lowest BCUT2D eigenvalue weighted by Gasteiger charge is -2.09. The van der Waals surface area contributed by atoms with Crippen molar-refractivity contribution in [1.29, 1.82) is 0 Å². The molecule has 4 rings (SSSR count). The van der Waals surface area contributed by atoms with E-state index in [0.29, 0.717) is 12.1 Å². The minimum Gasteiger partial charge on any atom is -0.244 e. The molecule has 0 amide bonds. The van der Waals surface area contributed by atoms with E-state index in [4.69, 9.17) is 0 Å². The van der Waals surface area contributed by atoms with E-state index >= 15 is 0 Å². The Morgan fingerprint density at radius 1 is 0.905 bits per heavy atom. The minimum absolute atomic E-state index is 0.239. The fourth-order valence-electron chi connectivity index (χ4n) is 2.86. The summed E-state index contributed by atoms with van der Waals surface area (Å²) < 4.78 is 28.0. The third kappa shape index (κ3) is 1.76. The van der Waals surface area contributed by atoms with Crippen molar-refractivity contribution in [1.82, 2.24) is 9.97 Å². The number of rotatable bonds is 0. The molecule has 2 nitrogen and oxygen atoms in total. The van der Waals surface area contributed by atoms with Crippen molar-refractivity contribution < 1.29 is 8.78 Å². The van der Waals surface area contributed by atoms with Crippen LogP contribution in [0.3, 0.4) is 0 Å². The van der Waals surface area contributed by atoms with Crippen molar-refractivity contribution >= 4 is 0 Å². The largest absolute Gasteiger partial charge is 0.244 e. The Morgan fingerprint density at radius 3 is 2.67 bits per heavy atom. The number of nitrogens with zero attached hydrogens (tertiary/aromatic N) is 2. The molecule has 1 aliphatic carbocycles. The summed E-state index contributed by atoms with van der Waals surface area (Å²) in [4.78, 5) is 8.24. The molecule has 21 heavy (non-hydrogen) atoms. The molecule has 1 aliphatic rings. The second kappa shape index (κ2) is 4.45. The Kier molecular flexibility index (Phi) is 2.57. The maximum absolute atomic E-state index is 14.3. The van der Waals surface area contributed by atoms with E-state index in [-0.39, 0.29) is 5.56 Å². The van der Waals surface area contributed by atoms with Crippen LogP contribution < -0.4 is 0 Å². The van der Waals surface area contributed by atoms with Crippen LogP contribution in [0.25, 0.3) is 22.4 Å². The van der Waals surface area contributed by atoms with Gasteiger partial charge in [0.2, 0.25) is 0 Å². The molecule has 0 aliphatic heterocycles. The summed E-state index contributed by atoms with van der Waals surface area (Å²) in [5.41, 5.74) is 4.17.